The Morgan fingerprint density at radius 1 is 1.57 bits per heavy atom. The van der Waals surface area contributed by atoms with E-state index in [1.165, 1.54) is 0 Å². The van der Waals surface area contributed by atoms with Gasteiger partial charge in [-0.15, -0.1) is 0 Å². The van der Waals surface area contributed by atoms with Crippen molar-refractivity contribution in [3.05, 3.63) is 53.9 Å². The highest BCUT2D eigenvalue weighted by Crippen LogP contribution is 2.06. The molecule has 2 nitrogen and oxygen atoms in total. The summed E-state index contributed by atoms with van der Waals surface area (Å²) < 4.78 is 0. The number of pyridine rings is 1. The SMILES string of the molecule is C=C/C(=C\C)Cc1ccc(C=O)cn1. The molecule has 0 bridgehead atoms. The summed E-state index contributed by atoms with van der Waals surface area (Å²) in [5, 5.41) is 0. The smallest absolute Gasteiger partial charge is 0.151 e. The zero-order valence-corrected chi connectivity index (χ0v) is 8.23. The third-order valence-electron chi connectivity index (χ3n) is 2.00. The maximum atomic E-state index is 10.4. The first kappa shape index (κ1) is 10.4. The van der Waals surface area contributed by atoms with Crippen molar-refractivity contribution >= 4 is 6.29 Å². The van der Waals surface area contributed by atoms with Crippen LogP contribution in [0.4, 0.5) is 0 Å². The Bertz CT molecular complexity index is 349. The predicted octanol–water partition coefficient (Wildman–Crippen LogP) is 2.57. The highest BCUT2D eigenvalue weighted by atomic mass is 16.1. The summed E-state index contributed by atoms with van der Waals surface area (Å²) in [7, 11) is 0. The summed E-state index contributed by atoms with van der Waals surface area (Å²) in [6, 6.07) is 3.63. The Labute approximate surface area is 84.0 Å². The number of carbonyl (C=O) groups excluding carboxylic acids is 1. The normalized spacial score (nSPS) is 11.1. The third kappa shape index (κ3) is 2.66. The number of hydrogen-bond acceptors (Lipinski definition) is 2. The summed E-state index contributed by atoms with van der Waals surface area (Å²) in [5.74, 6) is 0. The lowest BCUT2D eigenvalue weighted by atomic mass is 10.1. The van der Waals surface area contributed by atoms with E-state index in [1.54, 1.807) is 12.3 Å². The van der Waals surface area contributed by atoms with E-state index in [-0.39, 0.29) is 0 Å². The van der Waals surface area contributed by atoms with E-state index in [2.05, 4.69) is 11.6 Å². The van der Waals surface area contributed by atoms with Gasteiger partial charge in [-0.25, -0.2) is 0 Å². The van der Waals surface area contributed by atoms with Crippen molar-refractivity contribution in [3.63, 3.8) is 0 Å². The molecule has 0 aliphatic rings. The van der Waals surface area contributed by atoms with Crippen LogP contribution in [0, 0.1) is 0 Å². The van der Waals surface area contributed by atoms with Crippen LogP contribution in [-0.4, -0.2) is 11.3 Å². The topological polar surface area (TPSA) is 30.0 Å². The highest BCUT2D eigenvalue weighted by molar-refractivity contribution is 5.73. The van der Waals surface area contributed by atoms with Gasteiger partial charge in [0.1, 0.15) is 0 Å². The minimum Gasteiger partial charge on any atom is -0.298 e. The number of aldehydes is 1. The molecule has 2 heteroatoms. The zero-order chi connectivity index (χ0) is 10.4. The Kier molecular flexibility index (Phi) is 3.80. The molecule has 1 aromatic heterocycles. The third-order valence-corrected chi connectivity index (χ3v) is 2.00. The van der Waals surface area contributed by atoms with Crippen LogP contribution in [0.5, 0.6) is 0 Å². The Morgan fingerprint density at radius 3 is 2.79 bits per heavy atom. The van der Waals surface area contributed by atoms with Gasteiger partial charge in [-0.05, 0) is 24.6 Å². The van der Waals surface area contributed by atoms with Crippen molar-refractivity contribution in [1.82, 2.24) is 4.98 Å². The van der Waals surface area contributed by atoms with Crippen LogP contribution in [0.1, 0.15) is 23.0 Å². The maximum absolute atomic E-state index is 10.4. The Morgan fingerprint density at radius 2 is 2.36 bits per heavy atom. The Balaban J connectivity index is 2.78. The first-order valence-corrected chi connectivity index (χ1v) is 4.48. The number of allylic oxidation sites excluding steroid dienone is 3. The van der Waals surface area contributed by atoms with Gasteiger partial charge in [-0.1, -0.05) is 18.7 Å². The van der Waals surface area contributed by atoms with Gasteiger partial charge in [0.2, 0.25) is 0 Å². The molecule has 0 amide bonds. The minimum atomic E-state index is 0.606. The average Bonchev–Trinajstić information content (AvgIpc) is 2.26. The van der Waals surface area contributed by atoms with Crippen molar-refractivity contribution in [2.75, 3.05) is 0 Å². The summed E-state index contributed by atoms with van der Waals surface area (Å²) in [6.45, 7) is 5.68. The van der Waals surface area contributed by atoms with Crippen LogP contribution in [0.3, 0.4) is 0 Å². The molecule has 0 aromatic carbocycles. The summed E-state index contributed by atoms with van der Waals surface area (Å²) in [4.78, 5) is 14.6. The standard InChI is InChI=1S/C12H13NO/c1-3-10(4-2)7-12-6-5-11(9-14)8-13-12/h3-6,8-9H,1,7H2,2H3/b10-4+. The number of carbonyl (C=O) groups is 1. The summed E-state index contributed by atoms with van der Waals surface area (Å²) >= 11 is 0. The van der Waals surface area contributed by atoms with E-state index < -0.39 is 0 Å². The molecule has 1 heterocycles. The zero-order valence-electron chi connectivity index (χ0n) is 8.23. The Hall–Kier alpha value is -1.70. The fourth-order valence-corrected chi connectivity index (χ4v) is 1.11. The van der Waals surface area contributed by atoms with Crippen molar-refractivity contribution in [2.45, 2.75) is 13.3 Å². The van der Waals surface area contributed by atoms with Crippen molar-refractivity contribution in [3.8, 4) is 0 Å². The second-order valence-corrected chi connectivity index (χ2v) is 2.95. The summed E-state index contributed by atoms with van der Waals surface area (Å²) in [6.07, 6.45) is 6.95. The van der Waals surface area contributed by atoms with E-state index in [0.717, 1.165) is 24.0 Å². The van der Waals surface area contributed by atoms with Gasteiger partial charge in [-0.3, -0.25) is 9.78 Å². The quantitative estimate of drug-likeness (QED) is 0.535. The molecule has 0 N–H and O–H groups in total. The molecule has 0 atom stereocenters. The van der Waals surface area contributed by atoms with E-state index in [9.17, 15) is 4.79 Å². The number of rotatable bonds is 4. The van der Waals surface area contributed by atoms with Crippen LogP contribution < -0.4 is 0 Å². The molecule has 0 aliphatic carbocycles. The van der Waals surface area contributed by atoms with Crippen molar-refractivity contribution < 1.29 is 4.79 Å². The lowest BCUT2D eigenvalue weighted by molar-refractivity contribution is 0.112. The molecule has 0 radical (unpaired) electrons. The van der Waals surface area contributed by atoms with Crippen LogP contribution in [0.25, 0.3) is 0 Å². The molecule has 0 aliphatic heterocycles. The molecule has 14 heavy (non-hydrogen) atoms. The lowest BCUT2D eigenvalue weighted by Gasteiger charge is -2.00. The molecule has 0 saturated heterocycles. The highest BCUT2D eigenvalue weighted by Gasteiger charge is 1.97. The van der Waals surface area contributed by atoms with Gasteiger partial charge in [0.05, 0.1) is 0 Å². The van der Waals surface area contributed by atoms with Crippen molar-refractivity contribution in [1.29, 1.82) is 0 Å². The second kappa shape index (κ2) is 5.12. The van der Waals surface area contributed by atoms with Crippen LogP contribution in [-0.2, 0) is 6.42 Å². The molecule has 1 aromatic rings. The van der Waals surface area contributed by atoms with E-state index >= 15 is 0 Å². The second-order valence-electron chi connectivity index (χ2n) is 2.95. The number of hydrogen-bond donors (Lipinski definition) is 0. The number of nitrogens with zero attached hydrogens (tertiary/aromatic N) is 1. The van der Waals surface area contributed by atoms with Crippen LogP contribution in [0.2, 0.25) is 0 Å². The average molecular weight is 187 g/mol. The maximum Gasteiger partial charge on any atom is 0.151 e. The van der Waals surface area contributed by atoms with E-state index in [0.29, 0.717) is 5.56 Å². The largest absolute Gasteiger partial charge is 0.298 e. The summed E-state index contributed by atoms with van der Waals surface area (Å²) in [5.41, 5.74) is 2.69. The number of aromatic nitrogens is 1. The monoisotopic (exact) mass is 187 g/mol. The molecule has 72 valence electrons. The molecule has 1 rings (SSSR count). The first-order chi connectivity index (χ1) is 6.80. The van der Waals surface area contributed by atoms with Crippen LogP contribution in [0.15, 0.2) is 42.6 Å². The molecule has 0 saturated carbocycles. The van der Waals surface area contributed by atoms with Gasteiger partial charge in [-0.2, -0.15) is 0 Å². The van der Waals surface area contributed by atoms with Gasteiger partial charge in [0, 0.05) is 23.9 Å². The molecule has 0 spiro atoms. The molecule has 0 fully saturated rings. The molecular weight excluding hydrogens is 174 g/mol. The van der Waals surface area contributed by atoms with Gasteiger partial charge < -0.3 is 0 Å². The van der Waals surface area contributed by atoms with Crippen molar-refractivity contribution in [2.24, 2.45) is 0 Å². The molecule has 0 unspecified atom stereocenters. The minimum absolute atomic E-state index is 0.606. The fraction of sp³-hybridized carbons (Fsp3) is 0.167. The fourth-order valence-electron chi connectivity index (χ4n) is 1.11. The van der Waals surface area contributed by atoms with Gasteiger partial charge >= 0.3 is 0 Å². The van der Waals surface area contributed by atoms with Gasteiger partial charge in [0.25, 0.3) is 0 Å². The van der Waals surface area contributed by atoms with Gasteiger partial charge in [0.15, 0.2) is 6.29 Å². The molecular formula is C12H13NO. The van der Waals surface area contributed by atoms with E-state index in [1.807, 2.05) is 25.1 Å². The first-order valence-electron chi connectivity index (χ1n) is 4.48. The lowest BCUT2D eigenvalue weighted by Crippen LogP contribution is -1.92. The predicted molar refractivity (Wildman–Crippen MR) is 57.3 cm³/mol. The van der Waals surface area contributed by atoms with Crippen LogP contribution >= 0.6 is 0 Å². The van der Waals surface area contributed by atoms with E-state index in [4.69, 9.17) is 0 Å².